The fraction of sp³-hybridized carbons (Fsp3) is 0.389. The molecule has 0 saturated heterocycles. The molecule has 0 aliphatic rings. The summed E-state index contributed by atoms with van der Waals surface area (Å²) in [4.78, 5) is 11.9. The zero-order valence-corrected chi connectivity index (χ0v) is 13.1. The highest BCUT2D eigenvalue weighted by Gasteiger charge is 2.07. The second-order valence-corrected chi connectivity index (χ2v) is 4.98. The van der Waals surface area contributed by atoms with Gasteiger partial charge in [-0.25, -0.2) is 0 Å². The standard InChI is InChI=1S/C18H22O5/c19-8-9-21-10-11-22-12-13-23-18(20)14-16-6-3-5-15-4-1-2-7-17(15)16/h1-7,19H,8-14H2. The van der Waals surface area contributed by atoms with Gasteiger partial charge in [-0.05, 0) is 16.3 Å². The summed E-state index contributed by atoms with van der Waals surface area (Å²) < 4.78 is 15.5. The Morgan fingerprint density at radius 2 is 1.57 bits per heavy atom. The number of carbonyl (C=O) groups is 1. The second kappa shape index (κ2) is 9.94. The van der Waals surface area contributed by atoms with Gasteiger partial charge in [0, 0.05) is 0 Å². The first-order valence-electron chi connectivity index (χ1n) is 7.70. The van der Waals surface area contributed by atoms with Crippen LogP contribution in [0.2, 0.25) is 0 Å². The van der Waals surface area contributed by atoms with E-state index < -0.39 is 0 Å². The SMILES string of the molecule is O=C(Cc1cccc2ccccc12)OCCOCCOCCO. The maximum Gasteiger partial charge on any atom is 0.310 e. The highest BCUT2D eigenvalue weighted by Crippen LogP contribution is 2.19. The van der Waals surface area contributed by atoms with Crippen LogP contribution in [0.3, 0.4) is 0 Å². The number of hydrogen-bond donors (Lipinski definition) is 1. The highest BCUT2D eigenvalue weighted by atomic mass is 16.6. The van der Waals surface area contributed by atoms with Crippen LogP contribution in [0.15, 0.2) is 42.5 Å². The summed E-state index contributed by atoms with van der Waals surface area (Å²) in [5.41, 5.74) is 0.964. The number of esters is 1. The van der Waals surface area contributed by atoms with Crippen molar-refractivity contribution in [3.63, 3.8) is 0 Å². The van der Waals surface area contributed by atoms with Crippen LogP contribution in [-0.2, 0) is 25.4 Å². The van der Waals surface area contributed by atoms with E-state index in [1.165, 1.54) is 0 Å². The third kappa shape index (κ3) is 5.98. The summed E-state index contributed by atoms with van der Waals surface area (Å²) in [7, 11) is 0. The zero-order chi connectivity index (χ0) is 16.3. The van der Waals surface area contributed by atoms with Crippen LogP contribution in [0, 0.1) is 0 Å². The fourth-order valence-corrected chi connectivity index (χ4v) is 2.25. The van der Waals surface area contributed by atoms with E-state index in [0.717, 1.165) is 16.3 Å². The van der Waals surface area contributed by atoms with Gasteiger partial charge in [-0.1, -0.05) is 42.5 Å². The van der Waals surface area contributed by atoms with Gasteiger partial charge in [0.1, 0.15) is 6.61 Å². The van der Waals surface area contributed by atoms with Gasteiger partial charge in [0.15, 0.2) is 0 Å². The molecular formula is C18H22O5. The Hall–Kier alpha value is -1.95. The molecule has 0 spiro atoms. The summed E-state index contributed by atoms with van der Waals surface area (Å²) in [6.07, 6.45) is 0.251. The van der Waals surface area contributed by atoms with Crippen molar-refractivity contribution in [3.8, 4) is 0 Å². The van der Waals surface area contributed by atoms with Crippen LogP contribution < -0.4 is 0 Å². The summed E-state index contributed by atoms with van der Waals surface area (Å²) >= 11 is 0. The van der Waals surface area contributed by atoms with Crippen molar-refractivity contribution in [2.45, 2.75) is 6.42 Å². The number of carbonyl (C=O) groups excluding carboxylic acids is 1. The second-order valence-electron chi connectivity index (χ2n) is 4.98. The highest BCUT2D eigenvalue weighted by molar-refractivity contribution is 5.88. The quantitative estimate of drug-likeness (QED) is 0.536. The molecule has 0 saturated carbocycles. The number of ether oxygens (including phenoxy) is 3. The van der Waals surface area contributed by atoms with Gasteiger partial charge in [-0.3, -0.25) is 4.79 Å². The molecule has 0 unspecified atom stereocenters. The summed E-state index contributed by atoms with van der Waals surface area (Å²) in [6.45, 7) is 1.72. The third-order valence-corrected chi connectivity index (χ3v) is 3.31. The van der Waals surface area contributed by atoms with Gasteiger partial charge in [0.2, 0.25) is 0 Å². The maximum atomic E-state index is 11.9. The van der Waals surface area contributed by atoms with Crippen LogP contribution in [0.5, 0.6) is 0 Å². The Labute approximate surface area is 135 Å². The third-order valence-electron chi connectivity index (χ3n) is 3.31. The molecule has 0 aliphatic heterocycles. The Morgan fingerprint density at radius 3 is 2.39 bits per heavy atom. The first kappa shape index (κ1) is 17.4. The predicted molar refractivity (Wildman–Crippen MR) is 87.3 cm³/mol. The van der Waals surface area contributed by atoms with Crippen LogP contribution in [-0.4, -0.2) is 50.7 Å². The molecule has 0 amide bonds. The first-order valence-corrected chi connectivity index (χ1v) is 7.70. The Kier molecular flexibility index (Phi) is 7.52. The van der Waals surface area contributed by atoms with Crippen LogP contribution in [0.4, 0.5) is 0 Å². The minimum atomic E-state index is -0.263. The molecule has 0 radical (unpaired) electrons. The van der Waals surface area contributed by atoms with Crippen molar-refractivity contribution in [3.05, 3.63) is 48.0 Å². The van der Waals surface area contributed by atoms with E-state index in [0.29, 0.717) is 26.4 Å². The number of fused-ring (bicyclic) bond motifs is 1. The maximum absolute atomic E-state index is 11.9. The van der Waals surface area contributed by atoms with E-state index >= 15 is 0 Å². The molecule has 2 aromatic rings. The average Bonchev–Trinajstić information content (AvgIpc) is 2.57. The zero-order valence-electron chi connectivity index (χ0n) is 13.1. The van der Waals surface area contributed by atoms with Gasteiger partial charge in [-0.15, -0.1) is 0 Å². The molecule has 0 heterocycles. The number of aliphatic hydroxyl groups excluding tert-OH is 1. The van der Waals surface area contributed by atoms with E-state index in [4.69, 9.17) is 19.3 Å². The molecule has 5 heteroatoms. The smallest absolute Gasteiger partial charge is 0.310 e. The lowest BCUT2D eigenvalue weighted by Crippen LogP contribution is -2.14. The van der Waals surface area contributed by atoms with Crippen molar-refractivity contribution >= 4 is 16.7 Å². The van der Waals surface area contributed by atoms with Crippen molar-refractivity contribution < 1.29 is 24.1 Å². The molecule has 0 aliphatic carbocycles. The van der Waals surface area contributed by atoms with Crippen LogP contribution in [0.25, 0.3) is 10.8 Å². The molecule has 2 aromatic carbocycles. The van der Waals surface area contributed by atoms with E-state index in [-0.39, 0.29) is 25.6 Å². The molecule has 1 N–H and O–H groups in total. The van der Waals surface area contributed by atoms with E-state index in [2.05, 4.69) is 0 Å². The van der Waals surface area contributed by atoms with Gasteiger partial charge >= 0.3 is 5.97 Å². The molecule has 0 aromatic heterocycles. The number of benzene rings is 2. The molecule has 2 rings (SSSR count). The van der Waals surface area contributed by atoms with Crippen LogP contribution in [0.1, 0.15) is 5.56 Å². The molecule has 0 atom stereocenters. The Morgan fingerprint density at radius 1 is 0.870 bits per heavy atom. The van der Waals surface area contributed by atoms with E-state index in [9.17, 15) is 4.79 Å². The van der Waals surface area contributed by atoms with Crippen molar-refractivity contribution in [1.29, 1.82) is 0 Å². The van der Waals surface area contributed by atoms with Gasteiger partial charge in [0.05, 0.1) is 39.5 Å². The molecular weight excluding hydrogens is 296 g/mol. The van der Waals surface area contributed by atoms with Gasteiger partial charge in [0.25, 0.3) is 0 Å². The van der Waals surface area contributed by atoms with Crippen molar-refractivity contribution in [1.82, 2.24) is 0 Å². The minimum Gasteiger partial charge on any atom is -0.463 e. The van der Waals surface area contributed by atoms with E-state index in [1.807, 2.05) is 42.5 Å². The fourth-order valence-electron chi connectivity index (χ4n) is 2.25. The van der Waals surface area contributed by atoms with Gasteiger partial charge in [-0.2, -0.15) is 0 Å². The molecule has 0 bridgehead atoms. The predicted octanol–water partition coefficient (Wildman–Crippen LogP) is 1.95. The first-order chi connectivity index (χ1) is 11.3. The molecule has 124 valence electrons. The summed E-state index contributed by atoms with van der Waals surface area (Å²) in [6, 6.07) is 13.9. The van der Waals surface area contributed by atoms with Crippen molar-refractivity contribution in [2.24, 2.45) is 0 Å². The lowest BCUT2D eigenvalue weighted by Gasteiger charge is -2.08. The number of rotatable bonds is 10. The normalized spacial score (nSPS) is 10.8. The Bertz CT molecular complexity index is 606. The monoisotopic (exact) mass is 318 g/mol. The topological polar surface area (TPSA) is 65.0 Å². The molecule has 0 fully saturated rings. The summed E-state index contributed by atoms with van der Waals surface area (Å²) in [5, 5.41) is 10.7. The van der Waals surface area contributed by atoms with Crippen molar-refractivity contribution in [2.75, 3.05) is 39.6 Å². The molecule has 23 heavy (non-hydrogen) atoms. The lowest BCUT2D eigenvalue weighted by atomic mass is 10.0. The van der Waals surface area contributed by atoms with Crippen LogP contribution >= 0.6 is 0 Å². The molecule has 5 nitrogen and oxygen atoms in total. The lowest BCUT2D eigenvalue weighted by molar-refractivity contribution is -0.144. The minimum absolute atomic E-state index is 0.00574. The number of aliphatic hydroxyl groups is 1. The Balaban J connectivity index is 1.68. The number of hydrogen-bond acceptors (Lipinski definition) is 5. The summed E-state index contributed by atoms with van der Waals surface area (Å²) in [5.74, 6) is -0.263. The average molecular weight is 318 g/mol. The van der Waals surface area contributed by atoms with E-state index in [1.54, 1.807) is 0 Å². The largest absolute Gasteiger partial charge is 0.463 e. The van der Waals surface area contributed by atoms with Gasteiger partial charge < -0.3 is 19.3 Å².